The standard InChI is InChI=1S/C10H19F3O/c1-4-5-6-9(7-14,8(2)3)10(11,12)13/h8,14H,4-7H2,1-3H3/t9-/m1/s1. The molecular formula is C10H19F3O. The lowest BCUT2D eigenvalue weighted by Gasteiger charge is -2.37. The maximum atomic E-state index is 12.8. The summed E-state index contributed by atoms with van der Waals surface area (Å²) in [6.45, 7) is 4.06. The molecule has 0 bridgehead atoms. The summed E-state index contributed by atoms with van der Waals surface area (Å²) in [5.41, 5.74) is -1.91. The van der Waals surface area contributed by atoms with Crippen LogP contribution < -0.4 is 0 Å². The van der Waals surface area contributed by atoms with Gasteiger partial charge in [0.25, 0.3) is 0 Å². The van der Waals surface area contributed by atoms with Gasteiger partial charge in [-0.3, -0.25) is 0 Å². The maximum absolute atomic E-state index is 12.8. The molecule has 0 aliphatic rings. The minimum Gasteiger partial charge on any atom is -0.395 e. The molecule has 1 N–H and O–H groups in total. The van der Waals surface area contributed by atoms with Crippen LogP contribution >= 0.6 is 0 Å². The molecule has 86 valence electrons. The fraction of sp³-hybridized carbons (Fsp3) is 1.00. The van der Waals surface area contributed by atoms with Gasteiger partial charge in [-0.05, 0) is 12.3 Å². The first-order valence-electron chi connectivity index (χ1n) is 4.99. The van der Waals surface area contributed by atoms with Crippen LogP contribution in [0.25, 0.3) is 0 Å². The van der Waals surface area contributed by atoms with E-state index in [0.29, 0.717) is 12.8 Å². The summed E-state index contributed by atoms with van der Waals surface area (Å²) in [5, 5.41) is 8.99. The van der Waals surface area contributed by atoms with E-state index in [-0.39, 0.29) is 6.42 Å². The third kappa shape index (κ3) is 2.62. The van der Waals surface area contributed by atoms with Crippen LogP contribution in [0.2, 0.25) is 0 Å². The molecule has 14 heavy (non-hydrogen) atoms. The van der Waals surface area contributed by atoms with Crippen LogP contribution in [-0.2, 0) is 0 Å². The number of rotatable bonds is 5. The molecule has 0 amide bonds. The van der Waals surface area contributed by atoms with Crippen molar-refractivity contribution >= 4 is 0 Å². The first-order valence-corrected chi connectivity index (χ1v) is 4.99. The SMILES string of the molecule is CCCC[C@@](CO)(C(C)C)C(F)(F)F. The third-order valence-corrected chi connectivity index (χ3v) is 2.93. The van der Waals surface area contributed by atoms with Crippen molar-refractivity contribution in [3.63, 3.8) is 0 Å². The Hall–Kier alpha value is -0.250. The van der Waals surface area contributed by atoms with Crippen molar-refractivity contribution in [2.24, 2.45) is 11.3 Å². The summed E-state index contributed by atoms with van der Waals surface area (Å²) < 4.78 is 38.4. The molecule has 0 aliphatic heterocycles. The van der Waals surface area contributed by atoms with Crippen molar-refractivity contribution in [3.05, 3.63) is 0 Å². The van der Waals surface area contributed by atoms with E-state index >= 15 is 0 Å². The van der Waals surface area contributed by atoms with Crippen molar-refractivity contribution in [2.45, 2.75) is 46.2 Å². The van der Waals surface area contributed by atoms with Crippen molar-refractivity contribution in [1.82, 2.24) is 0 Å². The lowest BCUT2D eigenvalue weighted by atomic mass is 9.73. The number of aliphatic hydroxyl groups excluding tert-OH is 1. The Kier molecular flexibility index (Phi) is 4.92. The largest absolute Gasteiger partial charge is 0.396 e. The van der Waals surface area contributed by atoms with Crippen LogP contribution in [-0.4, -0.2) is 17.9 Å². The van der Waals surface area contributed by atoms with Crippen molar-refractivity contribution < 1.29 is 18.3 Å². The maximum Gasteiger partial charge on any atom is 0.396 e. The summed E-state index contributed by atoms with van der Waals surface area (Å²) in [5.74, 6) is -0.584. The predicted molar refractivity (Wildman–Crippen MR) is 49.9 cm³/mol. The quantitative estimate of drug-likeness (QED) is 0.740. The van der Waals surface area contributed by atoms with E-state index in [1.165, 1.54) is 13.8 Å². The average Bonchev–Trinajstić information content (AvgIpc) is 2.03. The number of halogens is 3. The topological polar surface area (TPSA) is 20.2 Å². The molecule has 0 unspecified atom stereocenters. The minimum absolute atomic E-state index is 0.0150. The Balaban J connectivity index is 4.80. The van der Waals surface area contributed by atoms with Gasteiger partial charge in [0.15, 0.2) is 0 Å². The van der Waals surface area contributed by atoms with Crippen molar-refractivity contribution in [1.29, 1.82) is 0 Å². The first-order chi connectivity index (χ1) is 6.31. The molecular weight excluding hydrogens is 193 g/mol. The van der Waals surface area contributed by atoms with Crippen molar-refractivity contribution in [2.75, 3.05) is 6.61 Å². The Morgan fingerprint density at radius 3 is 1.93 bits per heavy atom. The molecule has 0 saturated carbocycles. The fourth-order valence-corrected chi connectivity index (χ4v) is 1.60. The van der Waals surface area contributed by atoms with Gasteiger partial charge >= 0.3 is 6.18 Å². The second-order valence-electron chi connectivity index (χ2n) is 4.07. The van der Waals surface area contributed by atoms with Gasteiger partial charge in [-0.25, -0.2) is 0 Å². The zero-order valence-electron chi connectivity index (χ0n) is 8.99. The lowest BCUT2D eigenvalue weighted by molar-refractivity contribution is -0.254. The molecule has 0 spiro atoms. The number of unbranched alkanes of at least 4 members (excludes halogenated alkanes) is 1. The zero-order chi connectivity index (χ0) is 11.4. The van der Waals surface area contributed by atoms with Gasteiger partial charge in [0.05, 0.1) is 12.0 Å². The molecule has 0 heterocycles. The number of hydrogen-bond acceptors (Lipinski definition) is 1. The Labute approximate surface area is 83.3 Å². The molecule has 0 fully saturated rings. The molecule has 1 nitrogen and oxygen atoms in total. The number of alkyl halides is 3. The zero-order valence-corrected chi connectivity index (χ0v) is 8.99. The van der Waals surface area contributed by atoms with Crippen LogP contribution in [0, 0.1) is 11.3 Å². The highest BCUT2D eigenvalue weighted by Gasteiger charge is 2.55. The monoisotopic (exact) mass is 212 g/mol. The molecule has 0 aliphatic carbocycles. The summed E-state index contributed by atoms with van der Waals surface area (Å²) in [6.07, 6.45) is -3.09. The minimum atomic E-state index is -4.31. The van der Waals surface area contributed by atoms with E-state index in [9.17, 15) is 13.2 Å². The summed E-state index contributed by atoms with van der Waals surface area (Å²) in [6, 6.07) is 0. The molecule has 0 rings (SSSR count). The molecule has 0 aromatic rings. The molecule has 0 radical (unpaired) electrons. The van der Waals surface area contributed by atoms with Gasteiger partial charge in [-0.15, -0.1) is 0 Å². The highest BCUT2D eigenvalue weighted by Crippen LogP contribution is 2.47. The van der Waals surface area contributed by atoms with Crippen molar-refractivity contribution in [3.8, 4) is 0 Å². The summed E-state index contributed by atoms with van der Waals surface area (Å²) >= 11 is 0. The lowest BCUT2D eigenvalue weighted by Crippen LogP contribution is -2.45. The fourth-order valence-electron chi connectivity index (χ4n) is 1.60. The first kappa shape index (κ1) is 13.8. The van der Waals surface area contributed by atoms with E-state index in [2.05, 4.69) is 0 Å². The van der Waals surface area contributed by atoms with Gasteiger partial charge in [-0.2, -0.15) is 13.2 Å². The highest BCUT2D eigenvalue weighted by molar-refractivity contribution is 4.88. The van der Waals surface area contributed by atoms with E-state index in [4.69, 9.17) is 5.11 Å². The average molecular weight is 212 g/mol. The Morgan fingerprint density at radius 2 is 1.71 bits per heavy atom. The van der Waals surface area contributed by atoms with E-state index in [1.807, 2.05) is 6.92 Å². The van der Waals surface area contributed by atoms with Crippen LogP contribution in [0.1, 0.15) is 40.0 Å². The molecule has 0 saturated heterocycles. The Morgan fingerprint density at radius 1 is 1.21 bits per heavy atom. The molecule has 0 aromatic carbocycles. The van der Waals surface area contributed by atoms with Crippen LogP contribution in [0.3, 0.4) is 0 Å². The van der Waals surface area contributed by atoms with E-state index < -0.39 is 24.1 Å². The predicted octanol–water partition coefficient (Wildman–Crippen LogP) is 3.37. The normalized spacial score (nSPS) is 17.1. The highest BCUT2D eigenvalue weighted by atomic mass is 19.4. The van der Waals surface area contributed by atoms with Gasteiger partial charge in [0, 0.05) is 0 Å². The van der Waals surface area contributed by atoms with E-state index in [1.54, 1.807) is 0 Å². The van der Waals surface area contributed by atoms with Crippen LogP contribution in [0.15, 0.2) is 0 Å². The molecule has 1 atom stereocenters. The number of aliphatic hydroxyl groups is 1. The second kappa shape index (κ2) is 5.01. The second-order valence-corrected chi connectivity index (χ2v) is 4.07. The molecule has 0 aromatic heterocycles. The van der Waals surface area contributed by atoms with Gasteiger partial charge in [-0.1, -0.05) is 33.6 Å². The molecule has 4 heteroatoms. The van der Waals surface area contributed by atoms with E-state index in [0.717, 1.165) is 0 Å². The van der Waals surface area contributed by atoms with Gasteiger partial charge in [0.1, 0.15) is 0 Å². The summed E-state index contributed by atoms with van der Waals surface area (Å²) in [7, 11) is 0. The van der Waals surface area contributed by atoms with Gasteiger partial charge in [0.2, 0.25) is 0 Å². The van der Waals surface area contributed by atoms with Crippen LogP contribution in [0.5, 0.6) is 0 Å². The summed E-state index contributed by atoms with van der Waals surface area (Å²) in [4.78, 5) is 0. The van der Waals surface area contributed by atoms with Gasteiger partial charge < -0.3 is 5.11 Å². The Bertz CT molecular complexity index is 165. The number of hydrogen-bond donors (Lipinski definition) is 1. The smallest absolute Gasteiger partial charge is 0.395 e. The third-order valence-electron chi connectivity index (χ3n) is 2.93. The van der Waals surface area contributed by atoms with Crippen LogP contribution in [0.4, 0.5) is 13.2 Å².